The van der Waals surface area contributed by atoms with Crippen LogP contribution >= 0.6 is 0 Å². The maximum Gasteiger partial charge on any atom is 0.418 e. The lowest BCUT2D eigenvalue weighted by Crippen LogP contribution is -2.07. The van der Waals surface area contributed by atoms with Crippen LogP contribution in [0.15, 0.2) is 36.5 Å². The number of halogens is 3. The summed E-state index contributed by atoms with van der Waals surface area (Å²) in [4.78, 5) is 3.53. The van der Waals surface area contributed by atoms with E-state index in [9.17, 15) is 13.2 Å². The first-order chi connectivity index (χ1) is 9.41. The second-order valence-corrected chi connectivity index (χ2v) is 4.17. The molecule has 0 fully saturated rings. The Balaban J connectivity index is 2.38. The Morgan fingerprint density at radius 3 is 2.55 bits per heavy atom. The van der Waals surface area contributed by atoms with Crippen molar-refractivity contribution in [1.29, 1.82) is 0 Å². The number of para-hydroxylation sites is 1. The van der Waals surface area contributed by atoms with Gasteiger partial charge in [-0.2, -0.15) is 13.2 Å². The number of rotatable bonds is 3. The number of ether oxygens (including phenoxy) is 1. The monoisotopic (exact) mass is 282 g/mol. The van der Waals surface area contributed by atoms with Crippen molar-refractivity contribution >= 4 is 5.82 Å². The van der Waals surface area contributed by atoms with Gasteiger partial charge in [0.1, 0.15) is 5.75 Å². The topological polar surface area (TPSA) is 48.1 Å². The van der Waals surface area contributed by atoms with E-state index >= 15 is 0 Å². The average molecular weight is 282 g/mol. The molecule has 0 saturated carbocycles. The molecule has 0 atom stereocenters. The summed E-state index contributed by atoms with van der Waals surface area (Å²) in [6.07, 6.45) is -3.10. The number of nitrogen functional groups attached to an aromatic ring is 1. The first kappa shape index (κ1) is 14.2. The van der Waals surface area contributed by atoms with E-state index in [1.54, 1.807) is 12.1 Å². The molecule has 20 heavy (non-hydrogen) atoms. The first-order valence-electron chi connectivity index (χ1n) is 6.00. The quantitative estimate of drug-likeness (QED) is 0.924. The van der Waals surface area contributed by atoms with Crippen molar-refractivity contribution in [3.8, 4) is 11.5 Å². The van der Waals surface area contributed by atoms with Crippen molar-refractivity contribution in [2.45, 2.75) is 19.5 Å². The second kappa shape index (κ2) is 5.40. The fourth-order valence-corrected chi connectivity index (χ4v) is 1.71. The largest absolute Gasteiger partial charge is 0.453 e. The van der Waals surface area contributed by atoms with E-state index in [0.29, 0.717) is 18.4 Å². The van der Waals surface area contributed by atoms with Gasteiger partial charge in [-0.1, -0.05) is 25.1 Å². The zero-order chi connectivity index (χ0) is 14.8. The maximum absolute atomic E-state index is 12.6. The zero-order valence-corrected chi connectivity index (χ0v) is 10.7. The number of alkyl halides is 3. The summed E-state index contributed by atoms with van der Waals surface area (Å²) < 4.78 is 43.4. The summed E-state index contributed by atoms with van der Waals surface area (Å²) in [5.41, 5.74) is 5.55. The van der Waals surface area contributed by atoms with Crippen LogP contribution in [0.2, 0.25) is 0 Å². The third-order valence-electron chi connectivity index (χ3n) is 2.78. The van der Waals surface area contributed by atoms with E-state index in [1.807, 2.05) is 19.1 Å². The minimum Gasteiger partial charge on any atom is -0.453 e. The Bertz CT molecular complexity index is 612. The van der Waals surface area contributed by atoms with Crippen molar-refractivity contribution in [3.05, 3.63) is 47.7 Å². The summed E-state index contributed by atoms with van der Waals surface area (Å²) in [5.74, 6) is 0.299. The second-order valence-electron chi connectivity index (χ2n) is 4.17. The van der Waals surface area contributed by atoms with Gasteiger partial charge in [0.05, 0.1) is 5.56 Å². The molecule has 2 aromatic rings. The van der Waals surface area contributed by atoms with Crippen LogP contribution in [0.5, 0.6) is 11.5 Å². The van der Waals surface area contributed by atoms with Crippen LogP contribution in [0.25, 0.3) is 0 Å². The summed E-state index contributed by atoms with van der Waals surface area (Å²) >= 11 is 0. The molecule has 2 N–H and O–H groups in total. The Morgan fingerprint density at radius 1 is 1.20 bits per heavy atom. The summed E-state index contributed by atoms with van der Waals surface area (Å²) in [6.45, 7) is 1.93. The Kier molecular flexibility index (Phi) is 3.83. The summed E-state index contributed by atoms with van der Waals surface area (Å²) in [6, 6.07) is 7.95. The lowest BCUT2D eigenvalue weighted by atomic mass is 10.1. The molecule has 6 heteroatoms. The highest BCUT2D eigenvalue weighted by molar-refractivity contribution is 5.50. The van der Waals surface area contributed by atoms with Crippen LogP contribution in [0, 0.1) is 0 Å². The van der Waals surface area contributed by atoms with Gasteiger partial charge >= 0.3 is 6.18 Å². The molecule has 1 heterocycles. The van der Waals surface area contributed by atoms with Crippen molar-refractivity contribution < 1.29 is 17.9 Å². The normalized spacial score (nSPS) is 11.4. The van der Waals surface area contributed by atoms with E-state index in [0.717, 1.165) is 11.6 Å². The van der Waals surface area contributed by atoms with Crippen LogP contribution < -0.4 is 10.5 Å². The fraction of sp³-hybridized carbons (Fsp3) is 0.214. The Labute approximate surface area is 114 Å². The maximum atomic E-state index is 12.6. The van der Waals surface area contributed by atoms with Gasteiger partial charge < -0.3 is 10.5 Å². The summed E-state index contributed by atoms with van der Waals surface area (Å²) in [5, 5.41) is 0. The number of nitrogens with zero attached hydrogens (tertiary/aromatic N) is 1. The van der Waals surface area contributed by atoms with Gasteiger partial charge in [-0.05, 0) is 24.1 Å². The number of benzene rings is 1. The lowest BCUT2D eigenvalue weighted by molar-refractivity contribution is -0.137. The Morgan fingerprint density at radius 2 is 1.90 bits per heavy atom. The highest BCUT2D eigenvalue weighted by Gasteiger charge is 2.32. The smallest absolute Gasteiger partial charge is 0.418 e. The van der Waals surface area contributed by atoms with Crippen LogP contribution in [0.3, 0.4) is 0 Å². The molecule has 0 aliphatic rings. The Hall–Kier alpha value is -2.24. The number of hydrogen-bond donors (Lipinski definition) is 1. The molecule has 0 bridgehead atoms. The molecule has 0 saturated heterocycles. The van der Waals surface area contributed by atoms with E-state index in [2.05, 4.69) is 4.98 Å². The number of aromatic nitrogens is 1. The highest BCUT2D eigenvalue weighted by Crippen LogP contribution is 2.35. The molecular weight excluding hydrogens is 269 g/mol. The molecular formula is C14H13F3N2O. The van der Waals surface area contributed by atoms with Crippen molar-refractivity contribution in [3.63, 3.8) is 0 Å². The highest BCUT2D eigenvalue weighted by atomic mass is 19.4. The van der Waals surface area contributed by atoms with Crippen LogP contribution in [0.1, 0.15) is 18.1 Å². The third kappa shape index (κ3) is 3.01. The van der Waals surface area contributed by atoms with E-state index in [4.69, 9.17) is 10.5 Å². The van der Waals surface area contributed by atoms with Gasteiger partial charge in [0.2, 0.25) is 0 Å². The van der Waals surface area contributed by atoms with Crippen molar-refractivity contribution in [1.82, 2.24) is 4.98 Å². The van der Waals surface area contributed by atoms with E-state index < -0.39 is 11.7 Å². The van der Waals surface area contributed by atoms with E-state index in [-0.39, 0.29) is 11.6 Å². The van der Waals surface area contributed by atoms with Crippen molar-refractivity contribution in [2.75, 3.05) is 5.73 Å². The van der Waals surface area contributed by atoms with Gasteiger partial charge in [-0.25, -0.2) is 4.98 Å². The molecule has 1 aromatic heterocycles. The first-order valence-corrected chi connectivity index (χ1v) is 6.00. The average Bonchev–Trinajstić information content (AvgIpc) is 2.40. The number of pyridine rings is 1. The predicted octanol–water partition coefficient (Wildman–Crippen LogP) is 4.04. The molecule has 0 aliphatic carbocycles. The molecule has 2 rings (SSSR count). The van der Waals surface area contributed by atoms with Crippen molar-refractivity contribution in [2.24, 2.45) is 0 Å². The zero-order valence-electron chi connectivity index (χ0n) is 10.7. The van der Waals surface area contributed by atoms with Gasteiger partial charge in [-0.3, -0.25) is 0 Å². The lowest BCUT2D eigenvalue weighted by Gasteiger charge is -2.13. The molecule has 0 amide bonds. The van der Waals surface area contributed by atoms with E-state index in [1.165, 1.54) is 0 Å². The molecule has 0 radical (unpaired) electrons. The molecule has 3 nitrogen and oxygen atoms in total. The number of aryl methyl sites for hydroxylation is 1. The molecule has 0 unspecified atom stereocenters. The van der Waals surface area contributed by atoms with Gasteiger partial charge in [0.25, 0.3) is 0 Å². The van der Waals surface area contributed by atoms with Gasteiger partial charge in [-0.15, -0.1) is 0 Å². The molecule has 0 spiro atoms. The number of nitrogens with two attached hydrogens (primary N) is 1. The van der Waals surface area contributed by atoms with Gasteiger partial charge in [0.15, 0.2) is 11.6 Å². The minimum atomic E-state index is -4.48. The number of anilines is 1. The number of hydrogen-bond acceptors (Lipinski definition) is 3. The standard InChI is InChI=1S/C14H13F3N2O/c1-2-9-5-3-4-6-11(9)20-12-7-10(14(15,16)17)8-19-13(12)18/h3-8H,2H2,1H3,(H2,18,19). The van der Waals surface area contributed by atoms with Crippen LogP contribution in [0.4, 0.5) is 19.0 Å². The van der Waals surface area contributed by atoms with Gasteiger partial charge in [0, 0.05) is 6.20 Å². The summed E-state index contributed by atoms with van der Waals surface area (Å²) in [7, 11) is 0. The van der Waals surface area contributed by atoms with Crippen LogP contribution in [-0.2, 0) is 12.6 Å². The minimum absolute atomic E-state index is 0.0797. The fourth-order valence-electron chi connectivity index (χ4n) is 1.71. The molecule has 106 valence electrons. The third-order valence-corrected chi connectivity index (χ3v) is 2.78. The SMILES string of the molecule is CCc1ccccc1Oc1cc(C(F)(F)F)cnc1N. The molecule has 1 aromatic carbocycles. The molecule has 0 aliphatic heterocycles. The van der Waals surface area contributed by atoms with Crippen LogP contribution in [-0.4, -0.2) is 4.98 Å². The predicted molar refractivity (Wildman–Crippen MR) is 69.5 cm³/mol.